The Morgan fingerprint density at radius 2 is 2.00 bits per heavy atom. The van der Waals surface area contributed by atoms with Gasteiger partial charge in [0.15, 0.2) is 5.82 Å². The van der Waals surface area contributed by atoms with Gasteiger partial charge in [0.25, 0.3) is 0 Å². The minimum Gasteiger partial charge on any atom is -0.352 e. The van der Waals surface area contributed by atoms with Gasteiger partial charge in [-0.15, -0.1) is 11.3 Å². The number of alkyl halides is 3. The molecule has 2 fully saturated rings. The average Bonchev–Trinajstić information content (AvgIpc) is 3.16. The molecular formula is C18H19F3N4OS. The Morgan fingerprint density at radius 3 is 2.74 bits per heavy atom. The standard InChI is InChI=1S/C18H19F3N4OS/c19-18(20,21)6-15(26)23-17-16(22-11-27-17)25-9-13-8-24(14(13)10-25)7-12-4-2-1-3-5-12/h1-5,11,13-14H,6-10H2,(H,23,26). The van der Waals surface area contributed by atoms with Crippen molar-refractivity contribution in [3.63, 3.8) is 0 Å². The molecular weight excluding hydrogens is 377 g/mol. The number of anilines is 2. The molecule has 2 aliphatic rings. The number of rotatable bonds is 5. The van der Waals surface area contributed by atoms with Crippen LogP contribution < -0.4 is 10.2 Å². The summed E-state index contributed by atoms with van der Waals surface area (Å²) in [6.07, 6.45) is -6.00. The summed E-state index contributed by atoms with van der Waals surface area (Å²) in [5.41, 5.74) is 2.82. The number of benzene rings is 1. The second-order valence-electron chi connectivity index (χ2n) is 6.99. The van der Waals surface area contributed by atoms with Crippen molar-refractivity contribution in [2.24, 2.45) is 5.92 Å². The third kappa shape index (κ3) is 4.08. The van der Waals surface area contributed by atoms with Crippen LogP contribution >= 0.6 is 11.3 Å². The summed E-state index contributed by atoms with van der Waals surface area (Å²) in [5, 5.41) is 2.76. The maximum Gasteiger partial charge on any atom is 0.397 e. The zero-order valence-electron chi connectivity index (χ0n) is 14.4. The van der Waals surface area contributed by atoms with Gasteiger partial charge < -0.3 is 10.2 Å². The first-order chi connectivity index (χ1) is 12.9. The van der Waals surface area contributed by atoms with E-state index in [-0.39, 0.29) is 0 Å². The largest absolute Gasteiger partial charge is 0.397 e. The van der Waals surface area contributed by atoms with Crippen molar-refractivity contribution in [2.75, 3.05) is 29.9 Å². The van der Waals surface area contributed by atoms with Gasteiger partial charge in [-0.05, 0) is 5.56 Å². The van der Waals surface area contributed by atoms with Crippen LogP contribution in [-0.4, -0.2) is 47.6 Å². The maximum absolute atomic E-state index is 12.4. The van der Waals surface area contributed by atoms with Crippen molar-refractivity contribution in [1.82, 2.24) is 9.88 Å². The lowest BCUT2D eigenvalue weighted by Gasteiger charge is -2.43. The number of amides is 1. The van der Waals surface area contributed by atoms with E-state index in [9.17, 15) is 18.0 Å². The fraction of sp³-hybridized carbons (Fsp3) is 0.444. The Morgan fingerprint density at radius 1 is 1.22 bits per heavy atom. The van der Waals surface area contributed by atoms with Gasteiger partial charge in [0, 0.05) is 38.1 Å². The van der Waals surface area contributed by atoms with Crippen LogP contribution in [-0.2, 0) is 11.3 Å². The summed E-state index contributed by atoms with van der Waals surface area (Å²) >= 11 is 1.15. The van der Waals surface area contributed by atoms with E-state index in [2.05, 4.69) is 32.2 Å². The van der Waals surface area contributed by atoms with Gasteiger partial charge in [-0.25, -0.2) is 4.98 Å². The number of hydrogen-bond acceptors (Lipinski definition) is 5. The zero-order chi connectivity index (χ0) is 19.0. The number of nitrogens with zero attached hydrogens (tertiary/aromatic N) is 3. The van der Waals surface area contributed by atoms with Crippen LogP contribution in [0.1, 0.15) is 12.0 Å². The third-order valence-electron chi connectivity index (χ3n) is 5.04. The van der Waals surface area contributed by atoms with Crippen LogP contribution in [0, 0.1) is 5.92 Å². The number of halogens is 3. The summed E-state index contributed by atoms with van der Waals surface area (Å²) in [5.74, 6) is 0.0413. The minimum absolute atomic E-state index is 0.389. The van der Waals surface area contributed by atoms with E-state index in [0.717, 1.165) is 37.5 Å². The summed E-state index contributed by atoms with van der Waals surface area (Å²) in [4.78, 5) is 20.4. The highest BCUT2D eigenvalue weighted by Crippen LogP contribution is 2.39. The lowest BCUT2D eigenvalue weighted by atomic mass is 9.91. The molecule has 0 aliphatic carbocycles. The van der Waals surface area contributed by atoms with Crippen LogP contribution in [0.3, 0.4) is 0 Å². The monoisotopic (exact) mass is 396 g/mol. The number of carbonyl (C=O) groups excluding carboxylic acids is 1. The van der Waals surface area contributed by atoms with Crippen molar-refractivity contribution in [2.45, 2.75) is 25.2 Å². The van der Waals surface area contributed by atoms with Crippen molar-refractivity contribution in [3.8, 4) is 0 Å². The van der Waals surface area contributed by atoms with Crippen LogP contribution in [0.4, 0.5) is 24.0 Å². The second-order valence-corrected chi connectivity index (χ2v) is 7.85. The van der Waals surface area contributed by atoms with Gasteiger partial charge in [0.05, 0.1) is 5.51 Å². The topological polar surface area (TPSA) is 48.5 Å². The van der Waals surface area contributed by atoms with E-state index in [1.54, 1.807) is 5.51 Å². The Hall–Kier alpha value is -2.13. The van der Waals surface area contributed by atoms with Crippen molar-refractivity contribution >= 4 is 28.1 Å². The molecule has 1 aromatic heterocycles. The molecule has 2 atom stereocenters. The molecule has 27 heavy (non-hydrogen) atoms. The summed E-state index contributed by atoms with van der Waals surface area (Å²) in [7, 11) is 0. The molecule has 2 unspecified atom stereocenters. The molecule has 3 heterocycles. The normalized spacial score (nSPS) is 22.4. The number of carbonyl (C=O) groups is 1. The molecule has 1 aromatic carbocycles. The Balaban J connectivity index is 1.38. The fourth-order valence-electron chi connectivity index (χ4n) is 3.82. The van der Waals surface area contributed by atoms with Gasteiger partial charge >= 0.3 is 6.18 Å². The number of fused-ring (bicyclic) bond motifs is 1. The average molecular weight is 396 g/mol. The molecule has 0 bridgehead atoms. The Bertz CT molecular complexity index is 810. The van der Waals surface area contributed by atoms with Gasteiger partial charge in [0.2, 0.25) is 5.91 Å². The van der Waals surface area contributed by atoms with Crippen molar-refractivity contribution < 1.29 is 18.0 Å². The van der Waals surface area contributed by atoms with Crippen molar-refractivity contribution in [3.05, 3.63) is 41.4 Å². The van der Waals surface area contributed by atoms with Crippen LogP contribution in [0.15, 0.2) is 35.8 Å². The van der Waals surface area contributed by atoms with Crippen LogP contribution in [0.25, 0.3) is 0 Å². The summed E-state index contributed by atoms with van der Waals surface area (Å²) in [6, 6.07) is 10.7. The first-order valence-electron chi connectivity index (χ1n) is 8.72. The Labute approximate surface area is 158 Å². The van der Waals surface area contributed by atoms with E-state index < -0.39 is 18.5 Å². The van der Waals surface area contributed by atoms with Crippen LogP contribution in [0.2, 0.25) is 0 Å². The molecule has 1 amide bonds. The predicted octanol–water partition coefficient (Wildman–Crippen LogP) is 3.35. The number of aromatic nitrogens is 1. The van der Waals surface area contributed by atoms with Crippen LogP contribution in [0.5, 0.6) is 0 Å². The summed E-state index contributed by atoms with van der Waals surface area (Å²) < 4.78 is 37.1. The van der Waals surface area contributed by atoms with E-state index in [1.165, 1.54) is 5.56 Å². The first kappa shape index (κ1) is 18.2. The number of nitrogens with one attached hydrogen (secondary N) is 1. The number of hydrogen-bond donors (Lipinski definition) is 1. The first-order valence-corrected chi connectivity index (χ1v) is 9.60. The molecule has 1 N–H and O–H groups in total. The number of likely N-dealkylation sites (tertiary alicyclic amines) is 1. The molecule has 5 nitrogen and oxygen atoms in total. The Kier molecular flexibility index (Phi) is 4.81. The highest BCUT2D eigenvalue weighted by molar-refractivity contribution is 7.14. The van der Waals surface area contributed by atoms with Gasteiger partial charge in [-0.2, -0.15) is 13.2 Å². The SMILES string of the molecule is O=C(CC(F)(F)F)Nc1scnc1N1CC2CN(Cc3ccccc3)C2C1. The molecule has 0 spiro atoms. The molecule has 2 aliphatic heterocycles. The second kappa shape index (κ2) is 7.12. The molecule has 4 rings (SSSR count). The minimum atomic E-state index is -4.51. The van der Waals surface area contributed by atoms with E-state index in [4.69, 9.17) is 0 Å². The highest BCUT2D eigenvalue weighted by atomic mass is 32.1. The lowest BCUT2D eigenvalue weighted by Crippen LogP contribution is -2.54. The fourth-order valence-corrected chi connectivity index (χ4v) is 4.54. The smallest absolute Gasteiger partial charge is 0.352 e. The van der Waals surface area contributed by atoms with Crippen molar-refractivity contribution in [1.29, 1.82) is 0 Å². The molecule has 144 valence electrons. The van der Waals surface area contributed by atoms with E-state index >= 15 is 0 Å². The molecule has 0 radical (unpaired) electrons. The highest BCUT2D eigenvalue weighted by Gasteiger charge is 2.46. The molecule has 0 saturated carbocycles. The molecule has 2 saturated heterocycles. The third-order valence-corrected chi connectivity index (χ3v) is 5.77. The molecule has 9 heteroatoms. The van der Waals surface area contributed by atoms with Gasteiger partial charge in [-0.1, -0.05) is 30.3 Å². The summed E-state index contributed by atoms with van der Waals surface area (Å²) in [6.45, 7) is 3.46. The van der Waals surface area contributed by atoms with Gasteiger partial charge in [0.1, 0.15) is 11.4 Å². The number of thiazole rings is 1. The predicted molar refractivity (Wildman–Crippen MR) is 97.8 cm³/mol. The van der Waals surface area contributed by atoms with E-state index in [1.807, 2.05) is 18.2 Å². The quantitative estimate of drug-likeness (QED) is 0.842. The van der Waals surface area contributed by atoms with E-state index in [0.29, 0.717) is 22.8 Å². The maximum atomic E-state index is 12.4. The van der Waals surface area contributed by atoms with Gasteiger partial charge in [-0.3, -0.25) is 9.69 Å². The molecule has 2 aromatic rings. The zero-order valence-corrected chi connectivity index (χ0v) is 15.3. The lowest BCUT2D eigenvalue weighted by molar-refractivity contribution is -0.150.